The molecule has 0 saturated heterocycles. The first-order chi connectivity index (χ1) is 16.5. The molecule has 34 heavy (non-hydrogen) atoms. The van der Waals surface area contributed by atoms with Crippen molar-refractivity contribution in [1.82, 2.24) is 25.1 Å². The van der Waals surface area contributed by atoms with Crippen molar-refractivity contribution in [2.24, 2.45) is 10.8 Å². The van der Waals surface area contributed by atoms with Gasteiger partial charge in [-0.2, -0.15) is 5.10 Å². The molecule has 3 heterocycles. The quantitative estimate of drug-likeness (QED) is 0.396. The van der Waals surface area contributed by atoms with Gasteiger partial charge < -0.3 is 15.0 Å². The van der Waals surface area contributed by atoms with E-state index in [2.05, 4.69) is 25.1 Å². The Morgan fingerprint density at radius 1 is 1.09 bits per heavy atom. The lowest BCUT2D eigenvalue weighted by Gasteiger charge is -2.21. The lowest BCUT2D eigenvalue weighted by atomic mass is 10.0. The van der Waals surface area contributed by atoms with Gasteiger partial charge in [0.05, 0.1) is 34.9 Å². The Balaban J connectivity index is 1.16. The minimum absolute atomic E-state index is 0.126. The van der Waals surface area contributed by atoms with E-state index in [0.717, 1.165) is 40.6 Å². The fourth-order valence-corrected chi connectivity index (χ4v) is 6.02. The number of benzene rings is 1. The molecule has 0 radical (unpaired) electrons. The second kappa shape index (κ2) is 6.34. The summed E-state index contributed by atoms with van der Waals surface area (Å²) in [5.41, 5.74) is 3.17. The molecular formula is C26H23N5O3. The van der Waals surface area contributed by atoms with Crippen LogP contribution in [0.2, 0.25) is 0 Å². The number of hydrogen-bond acceptors (Lipinski definition) is 4. The standard InChI is InChI=1S/C26H23N5O3/c32-22(30-26(7-8-26)25-14-24(25,15-25)23(33)34)20-3-1-2-16-6-9-31(21(16)20)13-19-5-4-17(10-27-19)18-11-28-29-12-18/h1-6,9-12H,7-8,13-15H2,(H,28,29)(H,30,32)(H,33,34). The summed E-state index contributed by atoms with van der Waals surface area (Å²) in [6, 6.07) is 11.8. The summed E-state index contributed by atoms with van der Waals surface area (Å²) in [5, 5.41) is 20.6. The van der Waals surface area contributed by atoms with Crippen LogP contribution in [0.25, 0.3) is 22.0 Å². The third kappa shape index (κ3) is 2.53. The summed E-state index contributed by atoms with van der Waals surface area (Å²) in [6.07, 6.45) is 10.5. The number of nitrogens with zero attached hydrogens (tertiary/aromatic N) is 3. The van der Waals surface area contributed by atoms with Crippen molar-refractivity contribution in [2.75, 3.05) is 0 Å². The maximum absolute atomic E-state index is 13.5. The molecule has 3 saturated carbocycles. The normalized spacial score (nSPS) is 25.5. The van der Waals surface area contributed by atoms with E-state index in [1.54, 1.807) is 6.20 Å². The average molecular weight is 454 g/mol. The fraction of sp³-hybridized carbons (Fsp3) is 0.308. The van der Waals surface area contributed by atoms with Crippen molar-refractivity contribution in [3.63, 3.8) is 0 Å². The van der Waals surface area contributed by atoms with E-state index in [4.69, 9.17) is 0 Å². The number of carbonyl (C=O) groups excluding carboxylic acids is 1. The molecule has 7 rings (SSSR count). The first kappa shape index (κ1) is 19.5. The van der Waals surface area contributed by atoms with Gasteiger partial charge in [-0.1, -0.05) is 18.2 Å². The Morgan fingerprint density at radius 2 is 1.94 bits per heavy atom. The maximum Gasteiger partial charge on any atom is 0.310 e. The molecule has 0 bridgehead atoms. The van der Waals surface area contributed by atoms with E-state index >= 15 is 0 Å². The number of aromatic amines is 1. The first-order valence-corrected chi connectivity index (χ1v) is 11.5. The molecule has 3 N–H and O–H groups in total. The zero-order valence-electron chi connectivity index (χ0n) is 18.4. The van der Waals surface area contributed by atoms with E-state index in [1.807, 2.05) is 55.0 Å². The van der Waals surface area contributed by atoms with Gasteiger partial charge in [-0.15, -0.1) is 0 Å². The van der Waals surface area contributed by atoms with Crippen molar-refractivity contribution in [1.29, 1.82) is 0 Å². The summed E-state index contributed by atoms with van der Waals surface area (Å²) >= 11 is 0. The van der Waals surface area contributed by atoms with Crippen molar-refractivity contribution < 1.29 is 14.7 Å². The summed E-state index contributed by atoms with van der Waals surface area (Å²) in [6.45, 7) is 0.538. The van der Waals surface area contributed by atoms with Gasteiger partial charge >= 0.3 is 5.97 Å². The van der Waals surface area contributed by atoms with Gasteiger partial charge in [0.15, 0.2) is 0 Å². The highest BCUT2D eigenvalue weighted by atomic mass is 16.4. The van der Waals surface area contributed by atoms with E-state index in [0.29, 0.717) is 24.9 Å². The number of aliphatic carboxylic acids is 1. The lowest BCUT2D eigenvalue weighted by molar-refractivity contribution is -0.141. The Morgan fingerprint density at radius 3 is 2.59 bits per heavy atom. The summed E-state index contributed by atoms with van der Waals surface area (Å²) in [7, 11) is 0. The number of rotatable bonds is 7. The number of carboxylic acids is 1. The largest absolute Gasteiger partial charge is 0.481 e. The monoisotopic (exact) mass is 453 g/mol. The third-order valence-corrected chi connectivity index (χ3v) is 8.32. The third-order valence-electron chi connectivity index (χ3n) is 8.32. The Labute approximate surface area is 195 Å². The maximum atomic E-state index is 13.5. The second-order valence-corrected chi connectivity index (χ2v) is 10.1. The number of carbonyl (C=O) groups is 2. The van der Waals surface area contributed by atoms with Crippen molar-refractivity contribution in [3.8, 4) is 11.1 Å². The van der Waals surface area contributed by atoms with Gasteiger partial charge in [-0.3, -0.25) is 19.7 Å². The zero-order valence-corrected chi connectivity index (χ0v) is 18.4. The van der Waals surface area contributed by atoms with Crippen molar-refractivity contribution in [2.45, 2.75) is 37.8 Å². The Bertz CT molecular complexity index is 1460. The number of carboxylic acid groups (broad SMARTS) is 1. The van der Waals surface area contributed by atoms with Crippen LogP contribution in [0.4, 0.5) is 0 Å². The molecule has 170 valence electrons. The number of para-hydroxylation sites is 1. The highest BCUT2D eigenvalue weighted by Gasteiger charge is 2.95. The van der Waals surface area contributed by atoms with Crippen LogP contribution < -0.4 is 5.32 Å². The van der Waals surface area contributed by atoms with Gasteiger partial charge in [0.1, 0.15) is 0 Å². The number of amides is 1. The molecule has 8 nitrogen and oxygen atoms in total. The van der Waals surface area contributed by atoms with Crippen LogP contribution in [-0.2, 0) is 11.3 Å². The molecule has 3 aromatic heterocycles. The lowest BCUT2D eigenvalue weighted by Crippen LogP contribution is -2.41. The molecule has 3 aliphatic carbocycles. The molecule has 1 aromatic carbocycles. The topological polar surface area (TPSA) is 113 Å². The van der Waals surface area contributed by atoms with Crippen LogP contribution in [0.5, 0.6) is 0 Å². The molecule has 0 aliphatic heterocycles. The molecule has 0 unspecified atom stereocenters. The molecule has 1 amide bonds. The summed E-state index contributed by atoms with van der Waals surface area (Å²) in [4.78, 5) is 29.8. The highest BCUT2D eigenvalue weighted by molar-refractivity contribution is 6.06. The Kier molecular flexibility index (Phi) is 3.64. The minimum Gasteiger partial charge on any atom is -0.481 e. The van der Waals surface area contributed by atoms with Gasteiger partial charge in [0.2, 0.25) is 0 Å². The summed E-state index contributed by atoms with van der Waals surface area (Å²) in [5.74, 6) is -0.839. The number of fused-ring (bicyclic) bond motifs is 2. The first-order valence-electron chi connectivity index (χ1n) is 11.5. The number of H-pyrrole nitrogens is 1. The predicted octanol–water partition coefficient (Wildman–Crippen LogP) is 3.60. The number of pyridine rings is 1. The SMILES string of the molecule is O=C(NC1(C23CC2(C(=O)O)C3)CC1)c1cccc2ccn(Cc3ccc(-c4cn[nH]c4)cn3)c12. The number of hydrogen-bond donors (Lipinski definition) is 3. The fourth-order valence-electron chi connectivity index (χ4n) is 6.02. The van der Waals surface area contributed by atoms with E-state index in [-0.39, 0.29) is 16.9 Å². The van der Waals surface area contributed by atoms with Gasteiger partial charge in [-0.25, -0.2) is 0 Å². The highest BCUT2D eigenvalue weighted by Crippen LogP contribution is 2.93. The smallest absolute Gasteiger partial charge is 0.310 e. The minimum atomic E-state index is -0.713. The van der Waals surface area contributed by atoms with Crippen molar-refractivity contribution in [3.05, 3.63) is 72.4 Å². The van der Waals surface area contributed by atoms with Crippen molar-refractivity contribution >= 4 is 22.8 Å². The Hall–Kier alpha value is -3.94. The second-order valence-electron chi connectivity index (χ2n) is 10.1. The average Bonchev–Trinajstić information content (AvgIpc) is 3.74. The molecule has 8 heteroatoms. The van der Waals surface area contributed by atoms with Gasteiger partial charge in [-0.05, 0) is 43.9 Å². The van der Waals surface area contributed by atoms with Gasteiger partial charge in [0.25, 0.3) is 5.91 Å². The summed E-state index contributed by atoms with van der Waals surface area (Å²) < 4.78 is 2.05. The molecule has 3 aliphatic rings. The van der Waals surface area contributed by atoms with E-state index in [1.165, 1.54) is 0 Å². The molecule has 0 atom stereocenters. The van der Waals surface area contributed by atoms with Gasteiger partial charge in [0, 0.05) is 46.1 Å². The van der Waals surface area contributed by atoms with Crippen LogP contribution in [0.3, 0.4) is 0 Å². The number of aromatic nitrogens is 4. The van der Waals surface area contributed by atoms with Crippen LogP contribution in [0, 0.1) is 10.8 Å². The molecule has 3 fully saturated rings. The van der Waals surface area contributed by atoms with Crippen LogP contribution in [0.1, 0.15) is 41.7 Å². The molecule has 0 spiro atoms. The molecule has 4 aromatic rings. The zero-order chi connectivity index (χ0) is 23.1. The predicted molar refractivity (Wildman–Crippen MR) is 124 cm³/mol. The van der Waals surface area contributed by atoms with Crippen LogP contribution in [-0.4, -0.2) is 42.3 Å². The van der Waals surface area contributed by atoms with Crippen LogP contribution in [0.15, 0.2) is 61.2 Å². The van der Waals surface area contributed by atoms with Crippen LogP contribution >= 0.6 is 0 Å². The molecular weight excluding hydrogens is 430 g/mol. The van der Waals surface area contributed by atoms with E-state index < -0.39 is 11.4 Å². The number of nitrogens with one attached hydrogen (secondary N) is 2. The van der Waals surface area contributed by atoms with E-state index in [9.17, 15) is 14.7 Å².